The molecule has 2 aromatic carbocycles. The summed E-state index contributed by atoms with van der Waals surface area (Å²) in [5.41, 5.74) is 5.08. The van der Waals surface area contributed by atoms with E-state index in [0.717, 1.165) is 34.0 Å². The second-order valence-electron chi connectivity index (χ2n) is 6.53. The van der Waals surface area contributed by atoms with Gasteiger partial charge in [0.05, 0.1) is 11.4 Å². The zero-order valence-corrected chi connectivity index (χ0v) is 14.9. The summed E-state index contributed by atoms with van der Waals surface area (Å²) >= 11 is 0. The van der Waals surface area contributed by atoms with Crippen LogP contribution in [0.4, 0.5) is 0 Å². The predicted molar refractivity (Wildman–Crippen MR) is 99.4 cm³/mol. The van der Waals surface area contributed by atoms with Gasteiger partial charge < -0.3 is 10.1 Å². The molecule has 0 spiro atoms. The molecule has 1 aliphatic heterocycles. The Balaban J connectivity index is 1.46. The van der Waals surface area contributed by atoms with Gasteiger partial charge in [-0.2, -0.15) is 5.10 Å². The number of benzene rings is 2. The average Bonchev–Trinajstić information content (AvgIpc) is 3.22. The maximum Gasteiger partial charge on any atom is 0.261 e. The third-order valence-electron chi connectivity index (χ3n) is 4.82. The molecule has 0 fully saturated rings. The van der Waals surface area contributed by atoms with Crippen LogP contribution in [-0.4, -0.2) is 21.8 Å². The van der Waals surface area contributed by atoms with Crippen LogP contribution in [0.2, 0.25) is 0 Å². The summed E-state index contributed by atoms with van der Waals surface area (Å²) in [6.07, 6.45) is 0.153. The van der Waals surface area contributed by atoms with Crippen LogP contribution < -0.4 is 10.1 Å². The summed E-state index contributed by atoms with van der Waals surface area (Å²) in [6, 6.07) is 17.8. The topological polar surface area (TPSA) is 56.2 Å². The molecule has 0 unspecified atom stereocenters. The van der Waals surface area contributed by atoms with Gasteiger partial charge in [-0.15, -0.1) is 0 Å². The first-order valence-electron chi connectivity index (χ1n) is 8.76. The molecule has 0 radical (unpaired) electrons. The van der Waals surface area contributed by atoms with E-state index < -0.39 is 6.10 Å². The number of para-hydroxylation sites is 2. The first-order valence-corrected chi connectivity index (χ1v) is 8.76. The third kappa shape index (κ3) is 2.96. The van der Waals surface area contributed by atoms with E-state index in [2.05, 4.69) is 10.4 Å². The van der Waals surface area contributed by atoms with Crippen LogP contribution in [0.25, 0.3) is 5.69 Å². The molecule has 3 aromatic rings. The Morgan fingerprint density at radius 3 is 2.65 bits per heavy atom. The zero-order chi connectivity index (χ0) is 18.1. The van der Waals surface area contributed by atoms with Gasteiger partial charge in [0.15, 0.2) is 6.10 Å². The molecule has 0 saturated heterocycles. The molecule has 0 aliphatic carbocycles. The third-order valence-corrected chi connectivity index (χ3v) is 4.82. The Hall–Kier alpha value is -3.08. The molecule has 0 bridgehead atoms. The smallest absolute Gasteiger partial charge is 0.261 e. The second kappa shape index (κ2) is 6.67. The number of ether oxygens (including phenoxy) is 1. The maximum absolute atomic E-state index is 12.5. The van der Waals surface area contributed by atoms with Crippen molar-refractivity contribution in [3.8, 4) is 11.4 Å². The summed E-state index contributed by atoms with van der Waals surface area (Å²) in [7, 11) is 0. The quantitative estimate of drug-likeness (QED) is 0.789. The van der Waals surface area contributed by atoms with E-state index in [1.807, 2.05) is 73.1 Å². The van der Waals surface area contributed by atoms with E-state index in [1.54, 1.807) is 0 Å². The van der Waals surface area contributed by atoms with Crippen molar-refractivity contribution in [2.45, 2.75) is 32.9 Å². The number of carbonyl (C=O) groups is 1. The minimum atomic E-state index is -0.461. The van der Waals surface area contributed by atoms with Gasteiger partial charge in [0, 0.05) is 24.2 Å². The molecular formula is C21H21N3O2. The van der Waals surface area contributed by atoms with Gasteiger partial charge in [0.25, 0.3) is 5.91 Å². The van der Waals surface area contributed by atoms with Crippen molar-refractivity contribution in [1.29, 1.82) is 0 Å². The number of amides is 1. The van der Waals surface area contributed by atoms with Crippen LogP contribution in [0.15, 0.2) is 54.6 Å². The van der Waals surface area contributed by atoms with Crippen LogP contribution in [0.1, 0.15) is 22.5 Å². The lowest BCUT2D eigenvalue weighted by molar-refractivity contribution is -0.127. The molecule has 2 heterocycles. The number of nitrogens with zero attached hydrogens (tertiary/aromatic N) is 2. The van der Waals surface area contributed by atoms with Crippen LogP contribution in [0.3, 0.4) is 0 Å². The molecule has 1 aliphatic rings. The summed E-state index contributed by atoms with van der Waals surface area (Å²) < 4.78 is 7.67. The monoisotopic (exact) mass is 347 g/mol. The molecule has 1 aromatic heterocycles. The fourth-order valence-corrected chi connectivity index (χ4v) is 3.37. The Kier molecular flexibility index (Phi) is 4.21. The van der Waals surface area contributed by atoms with Crippen LogP contribution in [0.5, 0.6) is 5.75 Å². The summed E-state index contributed by atoms with van der Waals surface area (Å²) in [6.45, 7) is 4.44. The normalized spacial score (nSPS) is 15.4. The lowest BCUT2D eigenvalue weighted by atomic mass is 10.1. The second-order valence-corrected chi connectivity index (χ2v) is 6.53. The van der Waals surface area contributed by atoms with Gasteiger partial charge in [-0.1, -0.05) is 36.4 Å². The summed E-state index contributed by atoms with van der Waals surface area (Å²) in [5, 5.41) is 7.63. The highest BCUT2D eigenvalue weighted by molar-refractivity contribution is 5.82. The lowest BCUT2D eigenvalue weighted by Gasteiger charge is -2.12. The zero-order valence-electron chi connectivity index (χ0n) is 14.9. The van der Waals surface area contributed by atoms with Crippen molar-refractivity contribution in [2.24, 2.45) is 0 Å². The molecule has 132 valence electrons. The van der Waals surface area contributed by atoms with Gasteiger partial charge in [-0.05, 0) is 37.6 Å². The van der Waals surface area contributed by atoms with Crippen molar-refractivity contribution in [1.82, 2.24) is 15.1 Å². The van der Waals surface area contributed by atoms with Gasteiger partial charge in [0.1, 0.15) is 5.75 Å². The number of nitrogens with one attached hydrogen (secondary N) is 1. The number of hydrogen-bond acceptors (Lipinski definition) is 3. The Labute approximate surface area is 152 Å². The Morgan fingerprint density at radius 2 is 1.88 bits per heavy atom. The molecule has 5 heteroatoms. The van der Waals surface area contributed by atoms with E-state index in [0.29, 0.717) is 13.0 Å². The lowest BCUT2D eigenvalue weighted by Crippen LogP contribution is -2.37. The highest BCUT2D eigenvalue weighted by Crippen LogP contribution is 2.28. The van der Waals surface area contributed by atoms with E-state index >= 15 is 0 Å². The van der Waals surface area contributed by atoms with Crippen molar-refractivity contribution >= 4 is 5.91 Å². The molecule has 1 atom stereocenters. The van der Waals surface area contributed by atoms with Crippen LogP contribution >= 0.6 is 0 Å². The van der Waals surface area contributed by atoms with E-state index in [-0.39, 0.29) is 5.91 Å². The molecule has 5 nitrogen and oxygen atoms in total. The SMILES string of the molecule is Cc1nn(-c2ccccc2)c(C)c1CNC(=O)[C@H]1Cc2ccccc2O1. The highest BCUT2D eigenvalue weighted by atomic mass is 16.5. The molecule has 1 amide bonds. The van der Waals surface area contributed by atoms with E-state index in [9.17, 15) is 4.79 Å². The molecule has 26 heavy (non-hydrogen) atoms. The van der Waals surface area contributed by atoms with E-state index in [1.165, 1.54) is 0 Å². The minimum Gasteiger partial charge on any atom is -0.480 e. The standard InChI is InChI=1S/C21H21N3O2/c1-14-18(15(2)24(23-14)17-9-4-3-5-10-17)13-22-21(25)20-12-16-8-6-7-11-19(16)26-20/h3-11,20H,12-13H2,1-2H3,(H,22,25)/t20-/m1/s1. The number of carbonyl (C=O) groups excluding carboxylic acids is 1. The highest BCUT2D eigenvalue weighted by Gasteiger charge is 2.28. The number of aromatic nitrogens is 2. The number of hydrogen-bond donors (Lipinski definition) is 1. The molecule has 0 saturated carbocycles. The Morgan fingerprint density at radius 1 is 1.15 bits per heavy atom. The number of aryl methyl sites for hydroxylation is 1. The summed E-state index contributed by atoms with van der Waals surface area (Å²) in [4.78, 5) is 12.5. The summed E-state index contributed by atoms with van der Waals surface area (Å²) in [5.74, 6) is 0.712. The Bertz CT molecular complexity index is 922. The van der Waals surface area contributed by atoms with Crippen LogP contribution in [-0.2, 0) is 17.8 Å². The van der Waals surface area contributed by atoms with Crippen molar-refractivity contribution in [2.75, 3.05) is 0 Å². The fourth-order valence-electron chi connectivity index (χ4n) is 3.37. The van der Waals surface area contributed by atoms with Crippen molar-refractivity contribution in [3.05, 3.63) is 77.1 Å². The molecule has 4 rings (SSSR count). The van der Waals surface area contributed by atoms with Gasteiger partial charge in [-0.25, -0.2) is 4.68 Å². The largest absolute Gasteiger partial charge is 0.480 e. The molecular weight excluding hydrogens is 326 g/mol. The first-order chi connectivity index (χ1) is 12.6. The average molecular weight is 347 g/mol. The van der Waals surface area contributed by atoms with Gasteiger partial charge in [0.2, 0.25) is 0 Å². The van der Waals surface area contributed by atoms with E-state index in [4.69, 9.17) is 4.74 Å². The van der Waals surface area contributed by atoms with Crippen LogP contribution in [0, 0.1) is 13.8 Å². The van der Waals surface area contributed by atoms with Gasteiger partial charge >= 0.3 is 0 Å². The minimum absolute atomic E-state index is 0.0903. The van der Waals surface area contributed by atoms with Gasteiger partial charge in [-0.3, -0.25) is 4.79 Å². The molecule has 1 N–H and O–H groups in total. The number of rotatable bonds is 4. The number of fused-ring (bicyclic) bond motifs is 1. The fraction of sp³-hybridized carbons (Fsp3) is 0.238. The van der Waals surface area contributed by atoms with Crippen molar-refractivity contribution in [3.63, 3.8) is 0 Å². The predicted octanol–water partition coefficient (Wildman–Crippen LogP) is 3.11. The first kappa shape index (κ1) is 16.4. The van der Waals surface area contributed by atoms with Crippen molar-refractivity contribution < 1.29 is 9.53 Å². The maximum atomic E-state index is 12.5.